The fraction of sp³-hybridized carbons (Fsp3) is 0.438. The molecule has 1 aromatic carbocycles. The minimum Gasteiger partial charge on any atom is -0.369 e. The normalized spacial score (nSPS) is 16.3. The number of rotatable bonds is 3. The number of anilines is 1. The van der Waals surface area contributed by atoms with Gasteiger partial charge in [-0.2, -0.15) is 5.10 Å². The SMILES string of the molecule is Cc1nn(C)c(Cl)c1CN1CCN(c2ccc(F)cc2)CC1. The minimum atomic E-state index is -0.191. The maximum Gasteiger partial charge on any atom is 0.131 e. The average Bonchev–Trinajstić information content (AvgIpc) is 2.75. The topological polar surface area (TPSA) is 24.3 Å². The van der Waals surface area contributed by atoms with Gasteiger partial charge in [0.2, 0.25) is 0 Å². The molecule has 3 rings (SSSR count). The Kier molecular flexibility index (Phi) is 4.36. The highest BCUT2D eigenvalue weighted by molar-refractivity contribution is 6.30. The number of piperazine rings is 1. The van der Waals surface area contributed by atoms with Crippen molar-refractivity contribution in [3.05, 3.63) is 46.5 Å². The summed E-state index contributed by atoms with van der Waals surface area (Å²) in [5.41, 5.74) is 3.18. The van der Waals surface area contributed by atoms with Crippen LogP contribution in [0.25, 0.3) is 0 Å². The van der Waals surface area contributed by atoms with E-state index >= 15 is 0 Å². The first kappa shape index (κ1) is 15.3. The van der Waals surface area contributed by atoms with Gasteiger partial charge in [0, 0.05) is 51.0 Å². The van der Waals surface area contributed by atoms with Crippen LogP contribution in [0, 0.1) is 12.7 Å². The molecule has 1 aliphatic heterocycles. The standard InChI is InChI=1S/C16H20ClFN4/c1-12-15(16(17)20(2)19-12)11-21-7-9-22(10-8-21)14-5-3-13(18)4-6-14/h3-6H,7-11H2,1-2H3. The Morgan fingerprint density at radius 2 is 1.77 bits per heavy atom. The molecule has 0 aliphatic carbocycles. The number of hydrogen-bond donors (Lipinski definition) is 0. The monoisotopic (exact) mass is 322 g/mol. The zero-order valence-corrected chi connectivity index (χ0v) is 13.6. The molecular formula is C16H20ClFN4. The highest BCUT2D eigenvalue weighted by Crippen LogP contribution is 2.22. The molecule has 0 saturated carbocycles. The largest absolute Gasteiger partial charge is 0.369 e. The van der Waals surface area contributed by atoms with E-state index in [4.69, 9.17) is 11.6 Å². The van der Waals surface area contributed by atoms with Crippen LogP contribution in [0.1, 0.15) is 11.3 Å². The van der Waals surface area contributed by atoms with Crippen LogP contribution in [0.3, 0.4) is 0 Å². The van der Waals surface area contributed by atoms with Crippen LogP contribution < -0.4 is 4.90 Å². The summed E-state index contributed by atoms with van der Waals surface area (Å²) >= 11 is 6.30. The van der Waals surface area contributed by atoms with Gasteiger partial charge in [-0.05, 0) is 31.2 Å². The summed E-state index contributed by atoms with van der Waals surface area (Å²) in [5, 5.41) is 5.08. The van der Waals surface area contributed by atoms with Crippen LogP contribution in [0.2, 0.25) is 5.15 Å². The predicted octanol–water partition coefficient (Wildman–Crippen LogP) is 2.84. The van der Waals surface area contributed by atoms with Gasteiger partial charge in [-0.3, -0.25) is 9.58 Å². The van der Waals surface area contributed by atoms with Crippen molar-refractivity contribution in [2.45, 2.75) is 13.5 Å². The van der Waals surface area contributed by atoms with Gasteiger partial charge in [0.05, 0.1) is 5.69 Å². The van der Waals surface area contributed by atoms with Gasteiger partial charge in [-0.25, -0.2) is 4.39 Å². The van der Waals surface area contributed by atoms with Crippen molar-refractivity contribution in [2.75, 3.05) is 31.1 Å². The number of hydrogen-bond acceptors (Lipinski definition) is 3. The zero-order chi connectivity index (χ0) is 15.7. The van der Waals surface area contributed by atoms with Crippen molar-refractivity contribution < 1.29 is 4.39 Å². The highest BCUT2D eigenvalue weighted by atomic mass is 35.5. The Morgan fingerprint density at radius 3 is 2.32 bits per heavy atom. The second-order valence-corrected chi connectivity index (χ2v) is 6.08. The molecule has 0 amide bonds. The van der Waals surface area contributed by atoms with Crippen LogP contribution in [0.15, 0.2) is 24.3 Å². The van der Waals surface area contributed by atoms with Crippen LogP contribution in [-0.2, 0) is 13.6 Å². The Balaban J connectivity index is 1.61. The van der Waals surface area contributed by atoms with E-state index in [-0.39, 0.29) is 5.82 Å². The zero-order valence-electron chi connectivity index (χ0n) is 12.9. The summed E-state index contributed by atoms with van der Waals surface area (Å²) in [6.45, 7) is 6.61. The Bertz CT molecular complexity index is 645. The van der Waals surface area contributed by atoms with Crippen molar-refractivity contribution >= 4 is 17.3 Å². The van der Waals surface area contributed by atoms with E-state index in [9.17, 15) is 4.39 Å². The number of aryl methyl sites for hydroxylation is 2. The lowest BCUT2D eigenvalue weighted by atomic mass is 10.2. The van der Waals surface area contributed by atoms with Gasteiger partial charge in [-0.1, -0.05) is 11.6 Å². The van der Waals surface area contributed by atoms with Gasteiger partial charge in [-0.15, -0.1) is 0 Å². The van der Waals surface area contributed by atoms with Crippen LogP contribution in [0.4, 0.5) is 10.1 Å². The molecule has 1 fully saturated rings. The Morgan fingerprint density at radius 1 is 1.14 bits per heavy atom. The average molecular weight is 323 g/mol. The van der Waals surface area contributed by atoms with Crippen molar-refractivity contribution in [3.63, 3.8) is 0 Å². The summed E-state index contributed by atoms with van der Waals surface area (Å²) < 4.78 is 14.7. The first-order chi connectivity index (χ1) is 10.5. The molecule has 0 N–H and O–H groups in total. The maximum atomic E-state index is 13.0. The van der Waals surface area contributed by atoms with E-state index in [1.54, 1.807) is 4.68 Å². The molecule has 4 nitrogen and oxygen atoms in total. The Labute approximate surface area is 135 Å². The van der Waals surface area contributed by atoms with Gasteiger partial charge in [0.15, 0.2) is 0 Å². The fourth-order valence-electron chi connectivity index (χ4n) is 2.89. The quantitative estimate of drug-likeness (QED) is 0.868. The van der Waals surface area contributed by atoms with E-state index in [0.29, 0.717) is 0 Å². The second kappa shape index (κ2) is 6.26. The van der Waals surface area contributed by atoms with Gasteiger partial charge < -0.3 is 4.90 Å². The highest BCUT2D eigenvalue weighted by Gasteiger charge is 2.20. The van der Waals surface area contributed by atoms with Crippen LogP contribution >= 0.6 is 11.6 Å². The number of nitrogens with zero attached hydrogens (tertiary/aromatic N) is 4. The smallest absolute Gasteiger partial charge is 0.131 e. The molecule has 0 unspecified atom stereocenters. The van der Waals surface area contributed by atoms with E-state index in [1.165, 1.54) is 12.1 Å². The van der Waals surface area contributed by atoms with Gasteiger partial charge in [0.1, 0.15) is 11.0 Å². The summed E-state index contributed by atoms with van der Waals surface area (Å²) in [5.74, 6) is -0.191. The minimum absolute atomic E-state index is 0.191. The molecule has 0 radical (unpaired) electrons. The van der Waals surface area contributed by atoms with Gasteiger partial charge in [0.25, 0.3) is 0 Å². The molecule has 2 heterocycles. The molecule has 0 bridgehead atoms. The molecule has 1 aliphatic rings. The molecule has 6 heteroatoms. The molecule has 1 aromatic heterocycles. The van der Waals surface area contributed by atoms with E-state index in [1.807, 2.05) is 26.1 Å². The summed E-state index contributed by atoms with van der Waals surface area (Å²) in [6, 6.07) is 6.71. The van der Waals surface area contributed by atoms with E-state index < -0.39 is 0 Å². The lowest BCUT2D eigenvalue weighted by molar-refractivity contribution is 0.249. The van der Waals surface area contributed by atoms with E-state index in [2.05, 4.69) is 14.9 Å². The summed E-state index contributed by atoms with van der Waals surface area (Å²) in [7, 11) is 1.87. The third-order valence-electron chi connectivity index (χ3n) is 4.22. The first-order valence-corrected chi connectivity index (χ1v) is 7.83. The number of benzene rings is 1. The third kappa shape index (κ3) is 3.10. The second-order valence-electron chi connectivity index (χ2n) is 5.72. The Hall–Kier alpha value is -1.59. The van der Waals surface area contributed by atoms with Crippen molar-refractivity contribution in [1.29, 1.82) is 0 Å². The van der Waals surface area contributed by atoms with Crippen molar-refractivity contribution in [3.8, 4) is 0 Å². The molecule has 2 aromatic rings. The molecule has 1 saturated heterocycles. The van der Waals surface area contributed by atoms with Crippen molar-refractivity contribution in [2.24, 2.45) is 7.05 Å². The first-order valence-electron chi connectivity index (χ1n) is 7.45. The maximum absolute atomic E-state index is 13.0. The van der Waals surface area contributed by atoms with Gasteiger partial charge >= 0.3 is 0 Å². The summed E-state index contributed by atoms with van der Waals surface area (Å²) in [6.07, 6.45) is 0. The predicted molar refractivity (Wildman–Crippen MR) is 86.8 cm³/mol. The van der Waals surface area contributed by atoms with Crippen LogP contribution in [0.5, 0.6) is 0 Å². The fourth-order valence-corrected chi connectivity index (χ4v) is 3.13. The number of aromatic nitrogens is 2. The summed E-state index contributed by atoms with van der Waals surface area (Å²) in [4.78, 5) is 4.67. The lowest BCUT2D eigenvalue weighted by Gasteiger charge is -2.36. The number of halogens is 2. The van der Waals surface area contributed by atoms with Crippen molar-refractivity contribution in [1.82, 2.24) is 14.7 Å². The van der Waals surface area contributed by atoms with E-state index in [0.717, 1.165) is 54.8 Å². The van der Waals surface area contributed by atoms with Crippen LogP contribution in [-0.4, -0.2) is 40.9 Å². The molecular weight excluding hydrogens is 303 g/mol. The molecule has 22 heavy (non-hydrogen) atoms. The molecule has 0 spiro atoms. The molecule has 0 atom stereocenters. The lowest BCUT2D eigenvalue weighted by Crippen LogP contribution is -2.46. The molecule has 118 valence electrons. The third-order valence-corrected chi connectivity index (χ3v) is 4.69.